The van der Waals surface area contributed by atoms with E-state index in [9.17, 15) is 13.6 Å². The van der Waals surface area contributed by atoms with Crippen LogP contribution in [0.4, 0.5) is 14.5 Å². The molecule has 2 saturated heterocycles. The van der Waals surface area contributed by atoms with Crippen LogP contribution in [-0.4, -0.2) is 30.9 Å². The number of nitrogens with one attached hydrogen (secondary N) is 1. The first-order valence-corrected chi connectivity index (χ1v) is 10.7. The second kappa shape index (κ2) is 7.98. The van der Waals surface area contributed by atoms with Crippen LogP contribution in [0.15, 0.2) is 54.9 Å². The summed E-state index contributed by atoms with van der Waals surface area (Å²) in [5.74, 6) is -0.0889. The molecular weight excluding hydrogens is 396 g/mol. The lowest BCUT2D eigenvalue weighted by molar-refractivity contribution is -0.142. The van der Waals surface area contributed by atoms with Gasteiger partial charge in [0, 0.05) is 25.8 Å². The number of rotatable bonds is 3. The van der Waals surface area contributed by atoms with Crippen molar-refractivity contribution in [1.29, 1.82) is 0 Å². The topological polar surface area (TPSA) is 35.6 Å². The largest absolute Gasteiger partial charge is 0.372 e. The Hall–Kier alpha value is -2.89. The van der Waals surface area contributed by atoms with Crippen LogP contribution in [0.5, 0.6) is 0 Å². The van der Waals surface area contributed by atoms with E-state index in [0.29, 0.717) is 5.82 Å². The maximum absolute atomic E-state index is 13.8. The van der Waals surface area contributed by atoms with Gasteiger partial charge in [0.15, 0.2) is 0 Å². The molecule has 1 amide bonds. The fourth-order valence-corrected chi connectivity index (χ4v) is 5.31. The van der Waals surface area contributed by atoms with Crippen molar-refractivity contribution in [2.45, 2.75) is 32.2 Å². The van der Waals surface area contributed by atoms with Crippen LogP contribution in [0.3, 0.4) is 0 Å². The summed E-state index contributed by atoms with van der Waals surface area (Å²) in [6.07, 6.45) is 1.68. The van der Waals surface area contributed by atoms with Crippen molar-refractivity contribution in [2.24, 2.45) is 11.8 Å². The first-order valence-electron chi connectivity index (χ1n) is 10.7. The molecule has 0 radical (unpaired) electrons. The SMILES string of the molecule is C=C1N[C@](C)(c2ccc(F)cc2C)[C@@H](C2CCN(c3ccc(F)cc3)CC2)C(=O)N1C. The summed E-state index contributed by atoms with van der Waals surface area (Å²) in [7, 11) is 1.75. The van der Waals surface area contributed by atoms with Gasteiger partial charge in [-0.25, -0.2) is 8.78 Å². The second-order valence-electron chi connectivity index (χ2n) is 8.91. The molecule has 2 aliphatic heterocycles. The number of anilines is 1. The van der Waals surface area contributed by atoms with Crippen LogP contribution in [0.25, 0.3) is 0 Å². The van der Waals surface area contributed by atoms with E-state index in [-0.39, 0.29) is 29.4 Å². The molecule has 0 saturated carbocycles. The highest BCUT2D eigenvalue weighted by atomic mass is 19.1. The van der Waals surface area contributed by atoms with Crippen LogP contribution in [0, 0.1) is 30.4 Å². The van der Waals surface area contributed by atoms with E-state index in [1.54, 1.807) is 30.1 Å². The third kappa shape index (κ3) is 3.80. The van der Waals surface area contributed by atoms with Crippen molar-refractivity contribution in [2.75, 3.05) is 25.0 Å². The molecule has 2 aromatic carbocycles. The Morgan fingerprint density at radius 3 is 2.29 bits per heavy atom. The number of carbonyl (C=O) groups excluding carboxylic acids is 1. The van der Waals surface area contributed by atoms with Crippen LogP contribution >= 0.6 is 0 Å². The minimum absolute atomic E-state index is 0.0372. The number of amides is 1. The molecule has 0 bridgehead atoms. The van der Waals surface area contributed by atoms with Crippen molar-refractivity contribution in [3.63, 3.8) is 0 Å². The number of benzene rings is 2. The fraction of sp³-hybridized carbons (Fsp3) is 0.400. The Morgan fingerprint density at radius 2 is 1.68 bits per heavy atom. The standard InChI is InChI=1S/C25H29F2N3O/c1-16-15-20(27)7-10-22(16)25(3)23(24(31)29(4)17(2)28-25)18-11-13-30(14-12-18)21-8-5-19(26)6-9-21/h5-10,15,18,23,28H,2,11-14H2,1,3-4H3/t23-,25+/m0/s1. The van der Waals surface area contributed by atoms with Crippen molar-refractivity contribution < 1.29 is 13.6 Å². The normalized spacial score (nSPS) is 25.0. The molecule has 4 nitrogen and oxygen atoms in total. The number of piperidine rings is 1. The van der Waals surface area contributed by atoms with Crippen LogP contribution in [0.2, 0.25) is 0 Å². The summed E-state index contributed by atoms with van der Waals surface area (Å²) in [6.45, 7) is 9.53. The quantitative estimate of drug-likeness (QED) is 0.784. The van der Waals surface area contributed by atoms with Gasteiger partial charge in [-0.2, -0.15) is 0 Å². The van der Waals surface area contributed by atoms with Crippen molar-refractivity contribution in [3.05, 3.63) is 77.6 Å². The van der Waals surface area contributed by atoms with Crippen molar-refractivity contribution in [3.8, 4) is 0 Å². The van der Waals surface area contributed by atoms with Gasteiger partial charge in [-0.3, -0.25) is 4.79 Å². The zero-order valence-corrected chi connectivity index (χ0v) is 18.3. The van der Waals surface area contributed by atoms with Gasteiger partial charge in [0.25, 0.3) is 0 Å². The predicted octanol–water partition coefficient (Wildman–Crippen LogP) is 4.55. The molecule has 4 rings (SSSR count). The lowest BCUT2D eigenvalue weighted by Gasteiger charge is -2.51. The Balaban J connectivity index is 1.63. The molecule has 2 fully saturated rings. The van der Waals surface area contributed by atoms with Gasteiger partial charge in [-0.05, 0) is 80.1 Å². The van der Waals surface area contributed by atoms with Gasteiger partial charge in [-0.1, -0.05) is 12.6 Å². The minimum Gasteiger partial charge on any atom is -0.372 e. The summed E-state index contributed by atoms with van der Waals surface area (Å²) < 4.78 is 27.1. The number of nitrogens with zero attached hydrogens (tertiary/aromatic N) is 2. The van der Waals surface area contributed by atoms with Crippen LogP contribution in [-0.2, 0) is 10.3 Å². The van der Waals surface area contributed by atoms with E-state index in [2.05, 4.69) is 16.8 Å². The molecule has 2 aromatic rings. The Labute approximate surface area is 182 Å². The third-order valence-electron chi connectivity index (χ3n) is 6.98. The van der Waals surface area contributed by atoms with E-state index in [4.69, 9.17) is 0 Å². The fourth-order valence-electron chi connectivity index (χ4n) is 5.31. The number of hydrogen-bond donors (Lipinski definition) is 1. The molecule has 0 unspecified atom stereocenters. The lowest BCUT2D eigenvalue weighted by atomic mass is 9.67. The number of halogens is 2. The van der Waals surface area contributed by atoms with Crippen molar-refractivity contribution in [1.82, 2.24) is 10.2 Å². The number of carbonyl (C=O) groups is 1. The third-order valence-corrected chi connectivity index (χ3v) is 6.98. The molecule has 31 heavy (non-hydrogen) atoms. The number of hydrogen-bond acceptors (Lipinski definition) is 3. The van der Waals surface area contributed by atoms with E-state index >= 15 is 0 Å². The zero-order valence-electron chi connectivity index (χ0n) is 18.3. The van der Waals surface area contributed by atoms with Crippen molar-refractivity contribution >= 4 is 11.6 Å². The Bertz CT molecular complexity index is 998. The Kier molecular flexibility index (Phi) is 5.50. The van der Waals surface area contributed by atoms with Gasteiger partial charge < -0.3 is 15.1 Å². The summed E-state index contributed by atoms with van der Waals surface area (Å²) >= 11 is 0. The molecular formula is C25H29F2N3O. The molecule has 2 aliphatic rings. The number of aryl methyl sites for hydroxylation is 1. The zero-order chi connectivity index (χ0) is 22.3. The highest BCUT2D eigenvalue weighted by Crippen LogP contribution is 2.44. The summed E-state index contributed by atoms with van der Waals surface area (Å²) in [5, 5.41) is 3.48. The second-order valence-corrected chi connectivity index (χ2v) is 8.91. The molecule has 0 spiro atoms. The van der Waals surface area contributed by atoms with Gasteiger partial charge in [0.05, 0.1) is 11.5 Å². The lowest BCUT2D eigenvalue weighted by Crippen LogP contribution is -2.62. The van der Waals surface area contributed by atoms with Gasteiger partial charge in [0.2, 0.25) is 5.91 Å². The monoisotopic (exact) mass is 425 g/mol. The smallest absolute Gasteiger partial charge is 0.233 e. The highest BCUT2D eigenvalue weighted by molar-refractivity contribution is 5.83. The average Bonchev–Trinajstić information content (AvgIpc) is 2.73. The minimum atomic E-state index is -0.679. The van der Waals surface area contributed by atoms with Crippen LogP contribution < -0.4 is 10.2 Å². The van der Waals surface area contributed by atoms with E-state index in [1.807, 2.05) is 13.8 Å². The predicted molar refractivity (Wildman–Crippen MR) is 118 cm³/mol. The maximum Gasteiger partial charge on any atom is 0.233 e. The highest BCUT2D eigenvalue weighted by Gasteiger charge is 2.51. The summed E-state index contributed by atoms with van der Waals surface area (Å²) in [4.78, 5) is 17.3. The summed E-state index contributed by atoms with van der Waals surface area (Å²) in [6, 6.07) is 11.3. The molecule has 1 N–H and O–H groups in total. The maximum atomic E-state index is 13.8. The van der Waals surface area contributed by atoms with Gasteiger partial charge in [-0.15, -0.1) is 0 Å². The molecule has 2 atom stereocenters. The van der Waals surface area contributed by atoms with E-state index in [1.165, 1.54) is 24.3 Å². The Morgan fingerprint density at radius 1 is 1.06 bits per heavy atom. The average molecular weight is 426 g/mol. The van der Waals surface area contributed by atoms with Crippen LogP contribution in [0.1, 0.15) is 30.9 Å². The summed E-state index contributed by atoms with van der Waals surface area (Å²) in [5.41, 5.74) is 2.05. The van der Waals surface area contributed by atoms with E-state index in [0.717, 1.165) is 42.7 Å². The van der Waals surface area contributed by atoms with Gasteiger partial charge >= 0.3 is 0 Å². The first-order chi connectivity index (χ1) is 14.7. The molecule has 0 aromatic heterocycles. The molecule has 164 valence electrons. The molecule has 2 heterocycles. The first kappa shape index (κ1) is 21.3. The molecule has 6 heteroatoms. The van der Waals surface area contributed by atoms with Gasteiger partial charge in [0.1, 0.15) is 17.5 Å². The molecule has 0 aliphatic carbocycles. The van der Waals surface area contributed by atoms with E-state index < -0.39 is 5.54 Å².